The van der Waals surface area contributed by atoms with Gasteiger partial charge in [0.2, 0.25) is 0 Å². The van der Waals surface area contributed by atoms with E-state index in [0.717, 1.165) is 6.07 Å². The molecule has 1 aliphatic rings. The fourth-order valence-electron chi connectivity index (χ4n) is 3.06. The Morgan fingerprint density at radius 3 is 2.46 bits per heavy atom. The maximum atomic E-state index is 13.2. The van der Waals surface area contributed by atoms with Gasteiger partial charge in [0, 0.05) is 18.2 Å². The first-order chi connectivity index (χ1) is 12.2. The van der Waals surface area contributed by atoms with Crippen molar-refractivity contribution < 1.29 is 22.7 Å². The lowest BCUT2D eigenvalue weighted by Gasteiger charge is -2.33. The van der Waals surface area contributed by atoms with E-state index in [4.69, 9.17) is 4.74 Å². The molecule has 0 bridgehead atoms. The Balaban J connectivity index is 2.35. The quantitative estimate of drug-likeness (QED) is 0.891. The molecule has 2 heterocycles. The molecule has 0 saturated heterocycles. The average molecular weight is 363 g/mol. The summed E-state index contributed by atoms with van der Waals surface area (Å²) in [4.78, 5) is 20.7. The molecule has 1 aromatic heterocycles. The number of aromatic nitrogens is 1. The molecule has 2 aromatic rings. The molecule has 1 N–H and O–H groups in total. The summed E-state index contributed by atoms with van der Waals surface area (Å²) in [7, 11) is 2.97. The molecule has 3 rings (SSSR count). The molecule has 1 aliphatic heterocycles. The number of carbonyl (C=O) groups excluding carboxylic acids is 1. The number of benzene rings is 1. The molecule has 136 valence electrons. The molecule has 0 saturated carbocycles. The van der Waals surface area contributed by atoms with Crippen LogP contribution in [-0.2, 0) is 16.4 Å². The number of para-hydroxylation sites is 1. The van der Waals surface area contributed by atoms with Gasteiger partial charge in [-0.1, -0.05) is 18.2 Å². The standard InChI is InChI=1S/C18H16F3N3O2/c1-17(11-6-4-5-7-12(11)26-3)14-10(15(22-2)24-16(17)25)8-9-13(23-14)18(19,20)21/h4-9H,1-3H3,(H,22,24,25)/t17-/m0/s1. The van der Waals surface area contributed by atoms with Gasteiger partial charge in [0.15, 0.2) is 0 Å². The van der Waals surface area contributed by atoms with Crippen LogP contribution >= 0.6 is 0 Å². The first kappa shape index (κ1) is 17.9. The summed E-state index contributed by atoms with van der Waals surface area (Å²) < 4.78 is 45.0. The van der Waals surface area contributed by atoms with E-state index >= 15 is 0 Å². The average Bonchev–Trinajstić information content (AvgIpc) is 2.63. The second-order valence-electron chi connectivity index (χ2n) is 5.93. The largest absolute Gasteiger partial charge is 0.496 e. The molecule has 0 unspecified atom stereocenters. The van der Waals surface area contributed by atoms with Gasteiger partial charge in [-0.05, 0) is 25.1 Å². The number of pyridine rings is 1. The lowest BCUT2D eigenvalue weighted by molar-refractivity contribution is -0.141. The van der Waals surface area contributed by atoms with Crippen LogP contribution < -0.4 is 10.1 Å². The molecule has 1 aromatic carbocycles. The van der Waals surface area contributed by atoms with Crippen molar-refractivity contribution in [2.45, 2.75) is 18.5 Å². The number of fused-ring (bicyclic) bond motifs is 1. The maximum absolute atomic E-state index is 13.2. The number of hydrogen-bond acceptors (Lipinski definition) is 4. The van der Waals surface area contributed by atoms with Crippen LogP contribution in [0.3, 0.4) is 0 Å². The van der Waals surface area contributed by atoms with Crippen LogP contribution in [0.4, 0.5) is 13.2 Å². The molecule has 0 spiro atoms. The zero-order valence-electron chi connectivity index (χ0n) is 14.3. The van der Waals surface area contributed by atoms with E-state index in [1.54, 1.807) is 31.3 Å². The number of nitrogens with zero attached hydrogens (tertiary/aromatic N) is 2. The fourth-order valence-corrected chi connectivity index (χ4v) is 3.06. The minimum atomic E-state index is -4.63. The molecule has 0 aliphatic carbocycles. The highest BCUT2D eigenvalue weighted by molar-refractivity contribution is 6.13. The van der Waals surface area contributed by atoms with Crippen molar-refractivity contribution >= 4 is 11.7 Å². The predicted molar refractivity (Wildman–Crippen MR) is 89.3 cm³/mol. The van der Waals surface area contributed by atoms with E-state index in [9.17, 15) is 18.0 Å². The Hall–Kier alpha value is -2.90. The smallest absolute Gasteiger partial charge is 0.433 e. The van der Waals surface area contributed by atoms with Crippen LogP contribution in [0.2, 0.25) is 0 Å². The van der Waals surface area contributed by atoms with Crippen LogP contribution in [-0.4, -0.2) is 30.9 Å². The van der Waals surface area contributed by atoms with Crippen LogP contribution in [0.1, 0.15) is 29.4 Å². The maximum Gasteiger partial charge on any atom is 0.433 e. The Morgan fingerprint density at radius 1 is 1.15 bits per heavy atom. The van der Waals surface area contributed by atoms with Gasteiger partial charge in [0.25, 0.3) is 5.91 Å². The van der Waals surface area contributed by atoms with Gasteiger partial charge in [-0.25, -0.2) is 4.98 Å². The zero-order chi connectivity index (χ0) is 19.1. The third kappa shape index (κ3) is 2.61. The number of rotatable bonds is 2. The summed E-state index contributed by atoms with van der Waals surface area (Å²) >= 11 is 0. The molecular formula is C18H16F3N3O2. The molecule has 0 radical (unpaired) electrons. The van der Waals surface area contributed by atoms with Crippen LogP contribution in [0.15, 0.2) is 41.4 Å². The second-order valence-corrected chi connectivity index (χ2v) is 5.93. The van der Waals surface area contributed by atoms with E-state index < -0.39 is 23.2 Å². The second kappa shape index (κ2) is 6.12. The van der Waals surface area contributed by atoms with Gasteiger partial charge in [0.1, 0.15) is 22.7 Å². The third-order valence-electron chi connectivity index (χ3n) is 4.44. The number of hydrogen-bond donors (Lipinski definition) is 1. The summed E-state index contributed by atoms with van der Waals surface area (Å²) in [5.74, 6) is -0.0686. The Morgan fingerprint density at radius 2 is 1.85 bits per heavy atom. The van der Waals surface area contributed by atoms with Gasteiger partial charge >= 0.3 is 6.18 Å². The number of nitrogens with one attached hydrogen (secondary N) is 1. The Bertz CT molecular complexity index is 909. The van der Waals surface area contributed by atoms with Gasteiger partial charge in [-0.2, -0.15) is 18.2 Å². The highest BCUT2D eigenvalue weighted by Gasteiger charge is 2.47. The molecule has 0 fully saturated rings. The monoisotopic (exact) mass is 363 g/mol. The van der Waals surface area contributed by atoms with Gasteiger partial charge in [-0.15, -0.1) is 0 Å². The number of aliphatic imine (C=N–C) groups is 1. The highest BCUT2D eigenvalue weighted by atomic mass is 19.4. The minimum absolute atomic E-state index is 0.0128. The fraction of sp³-hybridized carbons (Fsp3) is 0.278. The first-order valence-electron chi connectivity index (χ1n) is 7.77. The Kier molecular flexibility index (Phi) is 4.21. The van der Waals surface area contributed by atoms with Crippen LogP contribution in [0.25, 0.3) is 0 Å². The number of amidine groups is 1. The summed E-state index contributed by atoms with van der Waals surface area (Å²) in [6.45, 7) is 1.51. The number of carbonyl (C=O) groups is 1. The number of ether oxygens (including phenoxy) is 1. The van der Waals surface area contributed by atoms with E-state index in [1.165, 1.54) is 20.1 Å². The van der Waals surface area contributed by atoms with Crippen molar-refractivity contribution in [2.75, 3.05) is 14.2 Å². The Labute approximate surface area is 147 Å². The summed E-state index contributed by atoms with van der Waals surface area (Å²) in [6.07, 6.45) is -4.63. The zero-order valence-corrected chi connectivity index (χ0v) is 14.3. The van der Waals surface area contributed by atoms with E-state index in [-0.39, 0.29) is 11.5 Å². The van der Waals surface area contributed by atoms with Crippen molar-refractivity contribution in [1.29, 1.82) is 0 Å². The number of alkyl halides is 3. The molecule has 5 nitrogen and oxygen atoms in total. The van der Waals surface area contributed by atoms with Crippen molar-refractivity contribution in [3.63, 3.8) is 0 Å². The van der Waals surface area contributed by atoms with Crippen molar-refractivity contribution in [1.82, 2.24) is 10.3 Å². The van der Waals surface area contributed by atoms with E-state index in [1.807, 2.05) is 0 Å². The SMILES string of the molecule is CNC1=NC(=O)[C@@](C)(c2ccccc2OC)c2nc(C(F)(F)F)ccc21. The van der Waals surface area contributed by atoms with Gasteiger partial charge < -0.3 is 10.1 Å². The normalized spacial score (nSPS) is 19.6. The lowest BCUT2D eigenvalue weighted by Crippen LogP contribution is -2.42. The van der Waals surface area contributed by atoms with Gasteiger partial charge in [0.05, 0.1) is 12.8 Å². The molecular weight excluding hydrogens is 347 g/mol. The first-order valence-corrected chi connectivity index (χ1v) is 7.77. The summed E-state index contributed by atoms with van der Waals surface area (Å²) in [5.41, 5.74) is -1.85. The third-order valence-corrected chi connectivity index (χ3v) is 4.44. The van der Waals surface area contributed by atoms with Gasteiger partial charge in [-0.3, -0.25) is 4.79 Å². The molecule has 26 heavy (non-hydrogen) atoms. The summed E-state index contributed by atoms with van der Waals surface area (Å²) in [6, 6.07) is 8.81. The van der Waals surface area contributed by atoms with Crippen LogP contribution in [0, 0.1) is 0 Å². The number of halogens is 3. The highest BCUT2D eigenvalue weighted by Crippen LogP contribution is 2.42. The number of amides is 1. The topological polar surface area (TPSA) is 63.6 Å². The van der Waals surface area contributed by atoms with Crippen molar-refractivity contribution in [3.8, 4) is 5.75 Å². The van der Waals surface area contributed by atoms with E-state index in [0.29, 0.717) is 16.9 Å². The lowest BCUT2D eigenvalue weighted by atomic mass is 9.74. The molecule has 8 heteroatoms. The van der Waals surface area contributed by atoms with Crippen molar-refractivity contribution in [2.24, 2.45) is 4.99 Å². The molecule has 1 amide bonds. The van der Waals surface area contributed by atoms with E-state index in [2.05, 4.69) is 15.3 Å². The summed E-state index contributed by atoms with van der Waals surface area (Å²) in [5, 5.41) is 2.74. The minimum Gasteiger partial charge on any atom is -0.496 e. The molecule has 1 atom stereocenters. The predicted octanol–water partition coefficient (Wildman–Crippen LogP) is 2.92. The van der Waals surface area contributed by atoms with Crippen molar-refractivity contribution in [3.05, 3.63) is 58.9 Å². The van der Waals surface area contributed by atoms with Crippen LogP contribution in [0.5, 0.6) is 5.75 Å². The number of methoxy groups -OCH3 is 1.